The highest BCUT2D eigenvalue weighted by molar-refractivity contribution is 5.66. The van der Waals surface area contributed by atoms with Crippen molar-refractivity contribution in [2.75, 3.05) is 6.54 Å². The van der Waals surface area contributed by atoms with Crippen LogP contribution in [-0.4, -0.2) is 28.8 Å². The third kappa shape index (κ3) is 5.48. The molecule has 0 aliphatic rings. The third-order valence-electron chi connectivity index (χ3n) is 2.24. The quantitative estimate of drug-likeness (QED) is 0.645. The van der Waals surface area contributed by atoms with Gasteiger partial charge in [-0.1, -0.05) is 30.3 Å². The van der Waals surface area contributed by atoms with Crippen LogP contribution >= 0.6 is 0 Å². The van der Waals surface area contributed by atoms with Gasteiger partial charge in [0.2, 0.25) is 0 Å². The molecule has 0 aliphatic carbocycles. The van der Waals surface area contributed by atoms with Crippen LogP contribution in [0.4, 0.5) is 0 Å². The first kappa shape index (κ1) is 12.7. The van der Waals surface area contributed by atoms with Crippen LogP contribution in [0, 0.1) is 0 Å². The van der Waals surface area contributed by atoms with Crippen molar-refractivity contribution >= 4 is 5.97 Å². The normalized spacial score (nSPS) is 12.3. The summed E-state index contributed by atoms with van der Waals surface area (Å²) in [5.41, 5.74) is 1.15. The van der Waals surface area contributed by atoms with Crippen molar-refractivity contribution in [1.29, 1.82) is 0 Å². The zero-order valence-corrected chi connectivity index (χ0v) is 9.10. The lowest BCUT2D eigenvalue weighted by molar-refractivity contribution is -0.137. The summed E-state index contributed by atoms with van der Waals surface area (Å²) in [5, 5.41) is 21.0. The van der Waals surface area contributed by atoms with Gasteiger partial charge in [0, 0.05) is 19.5 Å². The fraction of sp³-hybridized carbons (Fsp3) is 0.417. The van der Waals surface area contributed by atoms with E-state index >= 15 is 0 Å². The maximum atomic E-state index is 10.3. The Bertz CT molecular complexity index is 313. The predicted octanol–water partition coefficient (Wildman–Crippen LogP) is 1.00. The Kier molecular flexibility index (Phi) is 5.53. The number of nitrogens with one attached hydrogen (secondary N) is 1. The molecule has 0 aromatic heterocycles. The van der Waals surface area contributed by atoms with Gasteiger partial charge in [-0.25, -0.2) is 0 Å². The lowest BCUT2D eigenvalue weighted by Gasteiger charge is -2.10. The number of aliphatic carboxylic acids is 1. The standard InChI is InChI=1S/C12H17NO3/c14-11(6-7-12(15)16)9-13-8-10-4-2-1-3-5-10/h1-5,11,13-14H,6-9H2,(H,15,16). The van der Waals surface area contributed by atoms with E-state index in [-0.39, 0.29) is 12.8 Å². The SMILES string of the molecule is O=C(O)CCC(O)CNCc1ccccc1. The molecule has 1 unspecified atom stereocenters. The molecule has 1 aromatic rings. The Labute approximate surface area is 94.9 Å². The summed E-state index contributed by atoms with van der Waals surface area (Å²) in [6.07, 6.45) is -0.300. The Morgan fingerprint density at radius 3 is 2.62 bits per heavy atom. The molecule has 0 saturated heterocycles. The van der Waals surface area contributed by atoms with Gasteiger partial charge < -0.3 is 15.5 Å². The largest absolute Gasteiger partial charge is 0.481 e. The van der Waals surface area contributed by atoms with Gasteiger partial charge in [-0.3, -0.25) is 4.79 Å². The van der Waals surface area contributed by atoms with Crippen molar-refractivity contribution in [3.8, 4) is 0 Å². The number of carboxylic acid groups (broad SMARTS) is 1. The third-order valence-corrected chi connectivity index (χ3v) is 2.24. The molecule has 4 heteroatoms. The van der Waals surface area contributed by atoms with Gasteiger partial charge in [0.1, 0.15) is 0 Å². The summed E-state index contributed by atoms with van der Waals surface area (Å²) < 4.78 is 0. The molecule has 1 aromatic carbocycles. The van der Waals surface area contributed by atoms with E-state index < -0.39 is 12.1 Å². The van der Waals surface area contributed by atoms with Crippen molar-refractivity contribution in [3.05, 3.63) is 35.9 Å². The Morgan fingerprint density at radius 1 is 1.31 bits per heavy atom. The van der Waals surface area contributed by atoms with Crippen molar-refractivity contribution in [1.82, 2.24) is 5.32 Å². The summed E-state index contributed by atoms with van der Waals surface area (Å²) in [6.45, 7) is 1.10. The molecular formula is C12H17NO3. The summed E-state index contributed by atoms with van der Waals surface area (Å²) >= 11 is 0. The molecule has 0 amide bonds. The van der Waals surface area contributed by atoms with Gasteiger partial charge in [0.25, 0.3) is 0 Å². The van der Waals surface area contributed by atoms with Crippen molar-refractivity contribution in [3.63, 3.8) is 0 Å². The smallest absolute Gasteiger partial charge is 0.303 e. The summed E-state index contributed by atoms with van der Waals surface area (Å²) in [5.74, 6) is -0.873. The van der Waals surface area contributed by atoms with Crippen molar-refractivity contribution in [2.45, 2.75) is 25.5 Å². The molecule has 0 saturated carbocycles. The van der Waals surface area contributed by atoms with Crippen molar-refractivity contribution in [2.24, 2.45) is 0 Å². The Balaban J connectivity index is 2.13. The van der Waals surface area contributed by atoms with Crippen LogP contribution in [-0.2, 0) is 11.3 Å². The van der Waals surface area contributed by atoms with Crippen LogP contribution in [0.3, 0.4) is 0 Å². The van der Waals surface area contributed by atoms with Crippen LogP contribution in [0.1, 0.15) is 18.4 Å². The van der Waals surface area contributed by atoms with Crippen LogP contribution in [0.25, 0.3) is 0 Å². The first-order valence-electron chi connectivity index (χ1n) is 5.33. The molecule has 3 N–H and O–H groups in total. The first-order chi connectivity index (χ1) is 7.68. The molecule has 1 rings (SSSR count). The molecule has 4 nitrogen and oxygen atoms in total. The summed E-state index contributed by atoms with van der Waals surface area (Å²) in [4.78, 5) is 10.3. The maximum Gasteiger partial charge on any atom is 0.303 e. The number of benzene rings is 1. The van der Waals surface area contributed by atoms with Gasteiger partial charge in [-0.2, -0.15) is 0 Å². The highest BCUT2D eigenvalue weighted by Gasteiger charge is 2.06. The number of rotatable bonds is 7. The van der Waals surface area contributed by atoms with E-state index in [0.717, 1.165) is 5.56 Å². The van der Waals surface area contributed by atoms with Gasteiger partial charge in [0.05, 0.1) is 6.10 Å². The second-order valence-electron chi connectivity index (χ2n) is 3.70. The average Bonchev–Trinajstić information content (AvgIpc) is 2.28. The minimum atomic E-state index is -0.873. The Hall–Kier alpha value is -1.39. The molecule has 0 bridgehead atoms. The topological polar surface area (TPSA) is 69.6 Å². The van der Waals surface area contributed by atoms with Crippen LogP contribution < -0.4 is 5.32 Å². The highest BCUT2D eigenvalue weighted by Crippen LogP contribution is 1.99. The number of hydrogen-bond donors (Lipinski definition) is 3. The zero-order valence-electron chi connectivity index (χ0n) is 9.10. The van der Waals surface area contributed by atoms with E-state index in [1.54, 1.807) is 0 Å². The second kappa shape index (κ2) is 6.98. The van der Waals surface area contributed by atoms with Gasteiger partial charge in [0.15, 0.2) is 0 Å². The minimum Gasteiger partial charge on any atom is -0.481 e. The molecule has 0 spiro atoms. The lowest BCUT2D eigenvalue weighted by Crippen LogP contribution is -2.26. The van der Waals surface area contributed by atoms with E-state index in [0.29, 0.717) is 13.1 Å². The van der Waals surface area contributed by atoms with E-state index in [2.05, 4.69) is 5.32 Å². The predicted molar refractivity (Wildman–Crippen MR) is 61.0 cm³/mol. The van der Waals surface area contributed by atoms with Crippen LogP contribution in [0.5, 0.6) is 0 Å². The molecule has 88 valence electrons. The molecule has 0 aliphatic heterocycles. The monoisotopic (exact) mass is 223 g/mol. The van der Waals surface area contributed by atoms with E-state index in [9.17, 15) is 9.90 Å². The fourth-order valence-corrected chi connectivity index (χ4v) is 1.37. The van der Waals surface area contributed by atoms with E-state index in [1.165, 1.54) is 0 Å². The molecule has 16 heavy (non-hydrogen) atoms. The van der Waals surface area contributed by atoms with Gasteiger partial charge in [-0.15, -0.1) is 0 Å². The zero-order chi connectivity index (χ0) is 11.8. The van der Waals surface area contributed by atoms with Gasteiger partial charge >= 0.3 is 5.97 Å². The minimum absolute atomic E-state index is 0.00812. The average molecular weight is 223 g/mol. The highest BCUT2D eigenvalue weighted by atomic mass is 16.4. The number of carboxylic acids is 1. The molecule has 0 fully saturated rings. The maximum absolute atomic E-state index is 10.3. The van der Waals surface area contributed by atoms with Gasteiger partial charge in [-0.05, 0) is 12.0 Å². The fourth-order valence-electron chi connectivity index (χ4n) is 1.37. The Morgan fingerprint density at radius 2 is 2.00 bits per heavy atom. The van der Waals surface area contributed by atoms with E-state index in [4.69, 9.17) is 5.11 Å². The first-order valence-corrected chi connectivity index (χ1v) is 5.33. The van der Waals surface area contributed by atoms with E-state index in [1.807, 2.05) is 30.3 Å². The number of aliphatic hydroxyl groups is 1. The summed E-state index contributed by atoms with van der Waals surface area (Å²) in [6, 6.07) is 9.86. The molecule has 0 radical (unpaired) electrons. The molecule has 1 atom stereocenters. The van der Waals surface area contributed by atoms with Crippen LogP contribution in [0.2, 0.25) is 0 Å². The number of aliphatic hydroxyl groups excluding tert-OH is 1. The van der Waals surface area contributed by atoms with Crippen LogP contribution in [0.15, 0.2) is 30.3 Å². The van der Waals surface area contributed by atoms with Crippen molar-refractivity contribution < 1.29 is 15.0 Å². The summed E-state index contributed by atoms with van der Waals surface area (Å²) in [7, 11) is 0. The second-order valence-corrected chi connectivity index (χ2v) is 3.70. The molecule has 0 heterocycles. The lowest BCUT2D eigenvalue weighted by atomic mass is 10.2. The number of carbonyl (C=O) groups is 1. The number of hydrogen-bond acceptors (Lipinski definition) is 3. The molecular weight excluding hydrogens is 206 g/mol.